The summed E-state index contributed by atoms with van der Waals surface area (Å²) in [5, 5.41) is 2.94. The molecule has 6 rings (SSSR count). The molecule has 1 N–H and O–H groups in total. The lowest BCUT2D eigenvalue weighted by molar-refractivity contribution is 0.0950. The number of amides is 1. The maximum atomic E-state index is 14.1. The van der Waals surface area contributed by atoms with Crippen LogP contribution in [0.25, 0.3) is 0 Å². The molecule has 0 radical (unpaired) electrons. The molecule has 37 heavy (non-hydrogen) atoms. The van der Waals surface area contributed by atoms with Crippen molar-refractivity contribution in [2.45, 2.75) is 48.6 Å². The second-order valence-electron chi connectivity index (χ2n) is 10.0. The van der Waals surface area contributed by atoms with Crippen LogP contribution in [-0.2, 0) is 22.0 Å². The lowest BCUT2D eigenvalue weighted by Gasteiger charge is -2.41. The molecule has 1 aliphatic carbocycles. The summed E-state index contributed by atoms with van der Waals surface area (Å²) in [7, 11) is -3.93. The van der Waals surface area contributed by atoms with E-state index < -0.39 is 15.8 Å². The summed E-state index contributed by atoms with van der Waals surface area (Å²) < 4.78 is 43.4. The molecule has 2 aromatic carbocycles. The Bertz CT molecular complexity index is 1420. The fourth-order valence-electron chi connectivity index (χ4n) is 5.93. The van der Waals surface area contributed by atoms with Crippen LogP contribution in [0.5, 0.6) is 0 Å². The number of nitrogens with zero attached hydrogens (tertiary/aromatic N) is 2. The average Bonchev–Trinajstić information content (AvgIpc) is 3.72. The molecule has 1 amide bonds. The first-order valence-corrected chi connectivity index (χ1v) is 15.2. The number of carbonyl (C=O) groups is 1. The van der Waals surface area contributed by atoms with Gasteiger partial charge in [-0.3, -0.25) is 14.1 Å². The van der Waals surface area contributed by atoms with Crippen LogP contribution < -0.4 is 9.62 Å². The van der Waals surface area contributed by atoms with Crippen molar-refractivity contribution in [3.05, 3.63) is 89.5 Å². The molecule has 1 atom stereocenters. The van der Waals surface area contributed by atoms with E-state index in [1.165, 1.54) is 24.3 Å². The number of pyridine rings is 1. The van der Waals surface area contributed by atoms with Crippen molar-refractivity contribution in [1.29, 1.82) is 0 Å². The number of carbonyl (C=O) groups excluding carboxylic acids is 1. The van der Waals surface area contributed by atoms with Crippen LogP contribution in [0.4, 0.5) is 10.1 Å². The number of aromatic nitrogens is 1. The zero-order valence-corrected chi connectivity index (χ0v) is 21.9. The molecule has 1 aromatic heterocycles. The number of sulfonamides is 1. The lowest BCUT2D eigenvalue weighted by atomic mass is 9.70. The molecule has 1 saturated carbocycles. The van der Waals surface area contributed by atoms with Gasteiger partial charge in [-0.25, -0.2) is 12.8 Å². The number of thioether (sulfide) groups is 1. The summed E-state index contributed by atoms with van der Waals surface area (Å²) in [4.78, 5) is 17.5. The minimum Gasteiger partial charge on any atom is -0.346 e. The molecule has 1 spiro atoms. The SMILES string of the molecule is O=C(NCc1ccccn1)c1ccc2c(c1)C1(CCSCC1)C(C1CC1)N2S(=O)(=O)c1ccc(F)cc1. The number of benzene rings is 2. The highest BCUT2D eigenvalue weighted by molar-refractivity contribution is 7.99. The first kappa shape index (κ1) is 24.4. The molecule has 2 fully saturated rings. The largest absolute Gasteiger partial charge is 0.346 e. The molecule has 3 aliphatic rings. The minimum atomic E-state index is -3.93. The molecule has 3 aromatic rings. The monoisotopic (exact) mass is 537 g/mol. The molecule has 192 valence electrons. The fourth-order valence-corrected chi connectivity index (χ4v) is 8.95. The van der Waals surface area contributed by atoms with Crippen molar-refractivity contribution >= 4 is 33.4 Å². The molecule has 3 heterocycles. The third kappa shape index (κ3) is 4.32. The predicted molar refractivity (Wildman–Crippen MR) is 143 cm³/mol. The van der Waals surface area contributed by atoms with Crippen molar-refractivity contribution in [1.82, 2.24) is 10.3 Å². The van der Waals surface area contributed by atoms with E-state index in [4.69, 9.17) is 0 Å². The van der Waals surface area contributed by atoms with Crippen molar-refractivity contribution in [2.75, 3.05) is 15.8 Å². The average molecular weight is 538 g/mol. The Labute approximate surface area is 220 Å². The van der Waals surface area contributed by atoms with Crippen molar-refractivity contribution in [3.63, 3.8) is 0 Å². The van der Waals surface area contributed by atoms with Crippen molar-refractivity contribution in [3.8, 4) is 0 Å². The van der Waals surface area contributed by atoms with E-state index in [9.17, 15) is 17.6 Å². The van der Waals surface area contributed by atoms with Gasteiger partial charge in [-0.15, -0.1) is 0 Å². The Balaban J connectivity index is 1.42. The highest BCUT2D eigenvalue weighted by Crippen LogP contribution is 2.59. The Kier molecular flexibility index (Phi) is 6.23. The summed E-state index contributed by atoms with van der Waals surface area (Å²) in [6.45, 7) is 0.314. The van der Waals surface area contributed by atoms with E-state index >= 15 is 0 Å². The van der Waals surface area contributed by atoms with Gasteiger partial charge in [-0.1, -0.05) is 6.07 Å². The summed E-state index contributed by atoms with van der Waals surface area (Å²) >= 11 is 1.89. The number of fused-ring (bicyclic) bond motifs is 2. The van der Waals surface area contributed by atoms with Gasteiger partial charge < -0.3 is 5.32 Å². The van der Waals surface area contributed by atoms with Gasteiger partial charge in [0.05, 0.1) is 28.9 Å². The van der Waals surface area contributed by atoms with Crippen LogP contribution in [0.15, 0.2) is 71.8 Å². The second-order valence-corrected chi connectivity index (χ2v) is 13.1. The predicted octanol–water partition coefficient (Wildman–Crippen LogP) is 4.90. The fraction of sp³-hybridized carbons (Fsp3) is 0.357. The maximum absolute atomic E-state index is 14.1. The number of anilines is 1. The molecular weight excluding hydrogens is 509 g/mol. The molecule has 1 unspecified atom stereocenters. The highest BCUT2D eigenvalue weighted by atomic mass is 32.2. The van der Waals surface area contributed by atoms with E-state index in [0.29, 0.717) is 17.8 Å². The van der Waals surface area contributed by atoms with Gasteiger partial charge in [0, 0.05) is 17.2 Å². The standard InChI is InChI=1S/C28H28FN3O3S2/c29-21-7-9-23(10-8-21)37(34,35)32-25-11-6-20(27(33)31-18-22-3-1-2-14-30-22)17-24(25)28(12-15-36-16-13-28)26(32)19-4-5-19/h1-3,6-11,14,17,19,26H,4-5,12-13,15-16,18H2,(H,31,33). The van der Waals surface area contributed by atoms with Gasteiger partial charge in [0.15, 0.2) is 0 Å². The Morgan fingerprint density at radius 2 is 1.84 bits per heavy atom. The number of hydrogen-bond acceptors (Lipinski definition) is 5. The van der Waals surface area contributed by atoms with Crippen LogP contribution in [0.1, 0.15) is 47.3 Å². The van der Waals surface area contributed by atoms with Crippen LogP contribution in [0.3, 0.4) is 0 Å². The van der Waals surface area contributed by atoms with Gasteiger partial charge in [0.2, 0.25) is 0 Å². The van der Waals surface area contributed by atoms with Crippen LogP contribution in [0, 0.1) is 11.7 Å². The van der Waals surface area contributed by atoms with Gasteiger partial charge in [0.25, 0.3) is 15.9 Å². The summed E-state index contributed by atoms with van der Waals surface area (Å²) in [5.41, 5.74) is 2.54. The van der Waals surface area contributed by atoms with Crippen LogP contribution >= 0.6 is 11.8 Å². The van der Waals surface area contributed by atoms with E-state index in [0.717, 1.165) is 48.4 Å². The molecule has 2 aliphatic heterocycles. The number of rotatable bonds is 6. The molecule has 9 heteroatoms. The van der Waals surface area contributed by atoms with Crippen LogP contribution in [-0.4, -0.2) is 36.9 Å². The Morgan fingerprint density at radius 1 is 1.08 bits per heavy atom. The van der Waals surface area contributed by atoms with E-state index in [-0.39, 0.29) is 28.2 Å². The van der Waals surface area contributed by atoms with Gasteiger partial charge in [0.1, 0.15) is 5.82 Å². The maximum Gasteiger partial charge on any atom is 0.264 e. The van der Waals surface area contributed by atoms with Crippen molar-refractivity contribution < 1.29 is 17.6 Å². The normalized spacial score (nSPS) is 20.6. The van der Waals surface area contributed by atoms with Crippen LogP contribution in [0.2, 0.25) is 0 Å². The summed E-state index contributed by atoms with van der Waals surface area (Å²) in [6, 6.07) is 15.8. The summed E-state index contributed by atoms with van der Waals surface area (Å²) in [6.07, 6.45) is 5.39. The Morgan fingerprint density at radius 3 is 2.51 bits per heavy atom. The summed E-state index contributed by atoms with van der Waals surface area (Å²) in [5.74, 6) is 1.48. The van der Waals surface area contributed by atoms with E-state index in [2.05, 4.69) is 10.3 Å². The third-order valence-corrected chi connectivity index (χ3v) is 10.6. The molecular formula is C28H28FN3O3S2. The quantitative estimate of drug-likeness (QED) is 0.484. The second kappa shape index (κ2) is 9.44. The van der Waals surface area contributed by atoms with Crippen molar-refractivity contribution in [2.24, 2.45) is 5.92 Å². The van der Waals surface area contributed by atoms with E-state index in [1.54, 1.807) is 22.6 Å². The van der Waals surface area contributed by atoms with Gasteiger partial charge in [-0.2, -0.15) is 11.8 Å². The molecule has 0 bridgehead atoms. The number of halogens is 1. The highest BCUT2D eigenvalue weighted by Gasteiger charge is 2.59. The molecule has 1 saturated heterocycles. The lowest BCUT2D eigenvalue weighted by Crippen LogP contribution is -2.50. The molecule has 6 nitrogen and oxygen atoms in total. The zero-order chi connectivity index (χ0) is 25.6. The first-order valence-electron chi connectivity index (χ1n) is 12.6. The Hall–Kier alpha value is -2.91. The van der Waals surface area contributed by atoms with Gasteiger partial charge >= 0.3 is 0 Å². The third-order valence-electron chi connectivity index (χ3n) is 7.83. The smallest absolute Gasteiger partial charge is 0.264 e. The zero-order valence-electron chi connectivity index (χ0n) is 20.3. The first-order chi connectivity index (χ1) is 17.9. The number of nitrogens with one attached hydrogen (secondary N) is 1. The van der Waals surface area contributed by atoms with Gasteiger partial charge in [-0.05, 0) is 103 Å². The minimum absolute atomic E-state index is 0.0879. The topological polar surface area (TPSA) is 79.4 Å². The van der Waals surface area contributed by atoms with E-state index in [1.807, 2.05) is 36.0 Å². The number of hydrogen-bond donors (Lipinski definition) is 1.